The number of nitrogens with zero attached hydrogens (tertiary/aromatic N) is 3. The molecule has 6 heteroatoms. The first kappa shape index (κ1) is 14.1. The predicted octanol–water partition coefficient (Wildman–Crippen LogP) is 3.04. The number of benzene rings is 1. The summed E-state index contributed by atoms with van der Waals surface area (Å²) in [7, 11) is 0. The Labute approximate surface area is 127 Å². The van der Waals surface area contributed by atoms with Crippen LogP contribution >= 0.6 is 11.6 Å². The van der Waals surface area contributed by atoms with E-state index in [1.165, 1.54) is 23.0 Å². The molecule has 1 amide bonds. The third-order valence-electron chi connectivity index (χ3n) is 3.71. The Morgan fingerprint density at radius 1 is 1.48 bits per heavy atom. The topological polar surface area (TPSA) is 38.1 Å². The van der Waals surface area contributed by atoms with Crippen LogP contribution in [0.4, 0.5) is 4.39 Å². The average Bonchev–Trinajstić information content (AvgIpc) is 3.07. The third kappa shape index (κ3) is 3.08. The van der Waals surface area contributed by atoms with Gasteiger partial charge in [0.05, 0.1) is 17.3 Å². The molecule has 3 rings (SSSR count). The second-order valence-electron chi connectivity index (χ2n) is 5.16. The molecule has 0 N–H and O–H groups in total. The van der Waals surface area contributed by atoms with Gasteiger partial charge in [-0.3, -0.25) is 9.48 Å². The van der Waals surface area contributed by atoms with E-state index in [4.69, 9.17) is 11.6 Å². The van der Waals surface area contributed by atoms with E-state index in [-0.39, 0.29) is 24.3 Å². The number of amides is 1. The lowest BCUT2D eigenvalue weighted by Crippen LogP contribution is -2.33. The second kappa shape index (κ2) is 5.85. The van der Waals surface area contributed by atoms with Gasteiger partial charge in [-0.15, -0.1) is 0 Å². The van der Waals surface area contributed by atoms with Crippen molar-refractivity contribution in [2.24, 2.45) is 0 Å². The number of aromatic nitrogens is 2. The van der Waals surface area contributed by atoms with Gasteiger partial charge in [-0.1, -0.05) is 23.7 Å². The molecule has 4 nitrogen and oxygen atoms in total. The summed E-state index contributed by atoms with van der Waals surface area (Å²) in [4.78, 5) is 14.2. The molecule has 1 unspecified atom stereocenters. The van der Waals surface area contributed by atoms with Gasteiger partial charge in [0.25, 0.3) is 0 Å². The normalized spacial score (nSPS) is 18.2. The van der Waals surface area contributed by atoms with Gasteiger partial charge in [-0.05, 0) is 30.5 Å². The van der Waals surface area contributed by atoms with Crippen LogP contribution < -0.4 is 0 Å². The SMILES string of the molecule is O=C(Cn1cc(Cl)cn1)N1CCCC1c1cccc(F)c1. The monoisotopic (exact) mass is 307 g/mol. The number of hydrogen-bond acceptors (Lipinski definition) is 2. The molecule has 2 aromatic rings. The molecule has 21 heavy (non-hydrogen) atoms. The van der Waals surface area contributed by atoms with Crippen LogP contribution in [0.3, 0.4) is 0 Å². The molecule has 0 bridgehead atoms. The van der Waals surface area contributed by atoms with Crippen LogP contribution in [0.15, 0.2) is 36.7 Å². The van der Waals surface area contributed by atoms with Gasteiger partial charge in [0, 0.05) is 12.7 Å². The number of carbonyl (C=O) groups is 1. The van der Waals surface area contributed by atoms with Gasteiger partial charge in [0.2, 0.25) is 5.91 Å². The Bertz CT molecular complexity index is 658. The molecule has 110 valence electrons. The Balaban J connectivity index is 1.75. The summed E-state index contributed by atoms with van der Waals surface area (Å²) >= 11 is 5.80. The predicted molar refractivity (Wildman–Crippen MR) is 77.3 cm³/mol. The molecule has 0 spiro atoms. The number of carbonyl (C=O) groups excluding carboxylic acids is 1. The number of hydrogen-bond donors (Lipinski definition) is 0. The third-order valence-corrected chi connectivity index (χ3v) is 3.90. The maximum Gasteiger partial charge on any atom is 0.244 e. The van der Waals surface area contributed by atoms with Gasteiger partial charge >= 0.3 is 0 Å². The van der Waals surface area contributed by atoms with E-state index in [2.05, 4.69) is 5.10 Å². The van der Waals surface area contributed by atoms with E-state index >= 15 is 0 Å². The Kier molecular flexibility index (Phi) is 3.92. The van der Waals surface area contributed by atoms with Crippen molar-refractivity contribution in [3.63, 3.8) is 0 Å². The molecule has 0 aliphatic carbocycles. The summed E-state index contributed by atoms with van der Waals surface area (Å²) in [6, 6.07) is 6.40. The molecule has 1 aromatic heterocycles. The first-order valence-corrected chi connectivity index (χ1v) is 7.24. The van der Waals surface area contributed by atoms with Gasteiger partial charge in [0.1, 0.15) is 12.4 Å². The Hall–Kier alpha value is -1.88. The summed E-state index contributed by atoms with van der Waals surface area (Å²) in [6.07, 6.45) is 4.90. The van der Waals surface area contributed by atoms with Crippen LogP contribution in [0.1, 0.15) is 24.4 Å². The molecular formula is C15H15ClFN3O. The van der Waals surface area contributed by atoms with E-state index in [1.54, 1.807) is 17.2 Å². The maximum atomic E-state index is 13.4. The zero-order valence-electron chi connectivity index (χ0n) is 11.4. The van der Waals surface area contributed by atoms with Crippen LogP contribution in [0.25, 0.3) is 0 Å². The quantitative estimate of drug-likeness (QED) is 0.874. The Morgan fingerprint density at radius 3 is 3.05 bits per heavy atom. The molecule has 1 saturated heterocycles. The summed E-state index contributed by atoms with van der Waals surface area (Å²) in [5.74, 6) is -0.299. The minimum absolute atomic E-state index is 0.0264. The van der Waals surface area contributed by atoms with Gasteiger partial charge in [0.15, 0.2) is 0 Å². The van der Waals surface area contributed by atoms with Crippen LogP contribution in [0.2, 0.25) is 5.02 Å². The molecule has 1 aliphatic heterocycles. The molecular weight excluding hydrogens is 293 g/mol. The van der Waals surface area contributed by atoms with Crippen molar-refractivity contribution >= 4 is 17.5 Å². The number of halogens is 2. The first-order valence-electron chi connectivity index (χ1n) is 6.86. The van der Waals surface area contributed by atoms with Gasteiger partial charge in [-0.25, -0.2) is 4.39 Å². The van der Waals surface area contributed by atoms with Gasteiger partial charge < -0.3 is 4.90 Å². The Morgan fingerprint density at radius 2 is 2.33 bits per heavy atom. The molecule has 1 fully saturated rings. The van der Waals surface area contributed by atoms with E-state index in [9.17, 15) is 9.18 Å². The van der Waals surface area contributed by atoms with Crippen molar-refractivity contribution in [3.05, 3.63) is 53.1 Å². The van der Waals surface area contributed by atoms with Crippen LogP contribution in [-0.2, 0) is 11.3 Å². The lowest BCUT2D eigenvalue weighted by atomic mass is 10.0. The lowest BCUT2D eigenvalue weighted by Gasteiger charge is -2.25. The van der Waals surface area contributed by atoms with Crippen molar-refractivity contribution in [3.8, 4) is 0 Å². The van der Waals surface area contributed by atoms with Crippen LogP contribution in [0, 0.1) is 5.82 Å². The average molecular weight is 308 g/mol. The highest BCUT2D eigenvalue weighted by Crippen LogP contribution is 2.32. The second-order valence-corrected chi connectivity index (χ2v) is 5.59. The summed E-state index contributed by atoms with van der Waals surface area (Å²) in [5, 5.41) is 4.52. The van der Waals surface area contributed by atoms with Crippen molar-refractivity contribution in [2.75, 3.05) is 6.54 Å². The highest BCUT2D eigenvalue weighted by molar-refractivity contribution is 6.30. The van der Waals surface area contributed by atoms with Crippen LogP contribution in [-0.4, -0.2) is 27.1 Å². The van der Waals surface area contributed by atoms with E-state index in [0.29, 0.717) is 11.6 Å². The van der Waals surface area contributed by atoms with Crippen molar-refractivity contribution in [2.45, 2.75) is 25.4 Å². The maximum absolute atomic E-state index is 13.4. The highest BCUT2D eigenvalue weighted by Gasteiger charge is 2.30. The standard InChI is InChI=1S/C15H15ClFN3O/c16-12-8-18-19(9-12)10-15(21)20-6-2-5-14(20)11-3-1-4-13(17)7-11/h1,3-4,7-9,14H,2,5-6,10H2. The molecule has 1 atom stereocenters. The summed E-state index contributed by atoms with van der Waals surface area (Å²) in [5.41, 5.74) is 0.847. The molecule has 0 saturated carbocycles. The van der Waals surface area contributed by atoms with Crippen molar-refractivity contribution in [1.29, 1.82) is 0 Å². The van der Waals surface area contributed by atoms with Crippen LogP contribution in [0.5, 0.6) is 0 Å². The fourth-order valence-electron chi connectivity index (χ4n) is 2.78. The number of rotatable bonds is 3. The molecule has 1 aromatic carbocycles. The lowest BCUT2D eigenvalue weighted by molar-refractivity contribution is -0.133. The zero-order chi connectivity index (χ0) is 14.8. The minimum atomic E-state index is -0.273. The fourth-order valence-corrected chi connectivity index (χ4v) is 2.94. The first-order chi connectivity index (χ1) is 10.1. The number of likely N-dealkylation sites (tertiary alicyclic amines) is 1. The van der Waals surface area contributed by atoms with E-state index in [0.717, 1.165) is 18.4 Å². The zero-order valence-corrected chi connectivity index (χ0v) is 12.1. The summed E-state index contributed by atoms with van der Waals surface area (Å²) < 4.78 is 14.9. The molecule has 2 heterocycles. The largest absolute Gasteiger partial charge is 0.334 e. The highest BCUT2D eigenvalue weighted by atomic mass is 35.5. The molecule has 0 radical (unpaired) electrons. The minimum Gasteiger partial charge on any atom is -0.334 e. The van der Waals surface area contributed by atoms with E-state index in [1.807, 2.05) is 6.07 Å². The fraction of sp³-hybridized carbons (Fsp3) is 0.333. The molecule has 1 aliphatic rings. The summed E-state index contributed by atoms with van der Waals surface area (Å²) in [6.45, 7) is 0.841. The van der Waals surface area contributed by atoms with E-state index < -0.39 is 0 Å². The van der Waals surface area contributed by atoms with Gasteiger partial charge in [-0.2, -0.15) is 5.10 Å². The smallest absolute Gasteiger partial charge is 0.244 e. The van der Waals surface area contributed by atoms with Crippen molar-refractivity contribution in [1.82, 2.24) is 14.7 Å². The van der Waals surface area contributed by atoms with Crippen molar-refractivity contribution < 1.29 is 9.18 Å².